The number of carboxylic acid groups (broad SMARTS) is 1. The molecule has 0 amide bonds. The maximum atomic E-state index is 10.8. The van der Waals surface area contributed by atoms with Crippen LogP contribution in [0.25, 0.3) is 0 Å². The molecule has 0 saturated carbocycles. The monoisotopic (exact) mass is 225 g/mol. The van der Waals surface area contributed by atoms with Crippen LogP contribution in [-0.4, -0.2) is 23.3 Å². The van der Waals surface area contributed by atoms with Crippen LogP contribution in [0.5, 0.6) is 11.5 Å². The molecule has 0 radical (unpaired) electrons. The molecule has 4 N–H and O–H groups in total. The highest BCUT2D eigenvalue weighted by atomic mass is 16.5. The Hall–Kier alpha value is -1.75. The Kier molecular flexibility index (Phi) is 3.39. The Morgan fingerprint density at radius 3 is 2.44 bits per heavy atom. The molecule has 0 heterocycles. The van der Waals surface area contributed by atoms with Crippen molar-refractivity contribution in [3.63, 3.8) is 0 Å². The molecule has 1 aromatic rings. The fourth-order valence-electron chi connectivity index (χ4n) is 1.48. The number of aliphatic carboxylic acids is 1. The molecular formula is C11H15NO4. The van der Waals surface area contributed by atoms with Crippen LogP contribution in [0.3, 0.4) is 0 Å². The van der Waals surface area contributed by atoms with Gasteiger partial charge in [-0.1, -0.05) is 0 Å². The van der Waals surface area contributed by atoms with Crippen molar-refractivity contribution in [1.82, 2.24) is 0 Å². The lowest BCUT2D eigenvalue weighted by molar-refractivity contribution is -0.138. The predicted molar refractivity (Wildman–Crippen MR) is 58.7 cm³/mol. The number of carbonyl (C=O) groups is 1. The van der Waals surface area contributed by atoms with E-state index in [-0.39, 0.29) is 11.3 Å². The van der Waals surface area contributed by atoms with E-state index < -0.39 is 12.0 Å². The summed E-state index contributed by atoms with van der Waals surface area (Å²) < 4.78 is 5.09. The van der Waals surface area contributed by atoms with Crippen molar-refractivity contribution in [2.75, 3.05) is 7.11 Å². The molecule has 1 rings (SSSR count). The van der Waals surface area contributed by atoms with Gasteiger partial charge in [0, 0.05) is 5.56 Å². The summed E-state index contributed by atoms with van der Waals surface area (Å²) in [5.41, 5.74) is 6.97. The number of phenolic OH excluding ortho intramolecular Hbond substituents is 1. The minimum Gasteiger partial charge on any atom is -0.507 e. The second-order valence-electron chi connectivity index (χ2n) is 3.58. The van der Waals surface area contributed by atoms with Crippen LogP contribution in [0.2, 0.25) is 0 Å². The van der Waals surface area contributed by atoms with Crippen molar-refractivity contribution in [2.45, 2.75) is 19.9 Å². The van der Waals surface area contributed by atoms with Gasteiger partial charge in [0.2, 0.25) is 0 Å². The fraction of sp³-hybridized carbons (Fsp3) is 0.364. The Labute approximate surface area is 93.5 Å². The smallest absolute Gasteiger partial charge is 0.325 e. The number of methoxy groups -OCH3 is 1. The lowest BCUT2D eigenvalue weighted by atomic mass is 9.98. The van der Waals surface area contributed by atoms with E-state index >= 15 is 0 Å². The summed E-state index contributed by atoms with van der Waals surface area (Å²) in [6, 6.07) is 0.199. The standard InChI is InChI=1S/C11H15NO4/c1-5-6(2)10(13)7(4-8(5)16-3)9(12)11(14)15/h4,9,13H,12H2,1-3H3,(H,14,15)/t9-/m0/s1. The molecule has 0 aliphatic carbocycles. The summed E-state index contributed by atoms with van der Waals surface area (Å²) >= 11 is 0. The average Bonchev–Trinajstić information content (AvgIpc) is 2.25. The second kappa shape index (κ2) is 4.40. The van der Waals surface area contributed by atoms with Gasteiger partial charge in [0.1, 0.15) is 17.5 Å². The van der Waals surface area contributed by atoms with Gasteiger partial charge in [0.15, 0.2) is 0 Å². The van der Waals surface area contributed by atoms with E-state index in [0.29, 0.717) is 11.3 Å². The first kappa shape index (κ1) is 12.3. The third kappa shape index (κ3) is 1.94. The summed E-state index contributed by atoms with van der Waals surface area (Å²) in [5.74, 6) is -0.768. The first-order valence-electron chi connectivity index (χ1n) is 4.75. The zero-order valence-corrected chi connectivity index (χ0v) is 9.44. The number of phenols is 1. The van der Waals surface area contributed by atoms with Crippen molar-refractivity contribution in [2.24, 2.45) is 5.73 Å². The van der Waals surface area contributed by atoms with Crippen LogP contribution >= 0.6 is 0 Å². The molecule has 1 aromatic carbocycles. The van der Waals surface area contributed by atoms with Gasteiger partial charge in [-0.2, -0.15) is 0 Å². The molecule has 0 fully saturated rings. The van der Waals surface area contributed by atoms with E-state index in [4.69, 9.17) is 15.6 Å². The van der Waals surface area contributed by atoms with E-state index in [1.165, 1.54) is 13.2 Å². The predicted octanol–water partition coefficient (Wildman–Crippen LogP) is 1.10. The summed E-state index contributed by atoms with van der Waals surface area (Å²) in [6.45, 7) is 3.47. The average molecular weight is 225 g/mol. The number of hydrogen-bond donors (Lipinski definition) is 3. The number of ether oxygens (including phenoxy) is 1. The van der Waals surface area contributed by atoms with E-state index in [1.807, 2.05) is 0 Å². The Morgan fingerprint density at radius 2 is 2.00 bits per heavy atom. The Balaban J connectivity index is 3.41. The number of benzene rings is 1. The molecule has 16 heavy (non-hydrogen) atoms. The largest absolute Gasteiger partial charge is 0.507 e. The topological polar surface area (TPSA) is 92.8 Å². The van der Waals surface area contributed by atoms with Gasteiger partial charge >= 0.3 is 5.97 Å². The summed E-state index contributed by atoms with van der Waals surface area (Å²) in [6.07, 6.45) is 0. The highest BCUT2D eigenvalue weighted by Gasteiger charge is 2.22. The van der Waals surface area contributed by atoms with Crippen molar-refractivity contribution in [1.29, 1.82) is 0 Å². The van der Waals surface area contributed by atoms with Gasteiger partial charge in [-0.25, -0.2) is 0 Å². The molecular weight excluding hydrogens is 210 g/mol. The lowest BCUT2D eigenvalue weighted by Crippen LogP contribution is -2.21. The molecule has 0 aromatic heterocycles. The third-order valence-corrected chi connectivity index (χ3v) is 2.67. The number of carboxylic acids is 1. The van der Waals surface area contributed by atoms with E-state index in [1.54, 1.807) is 13.8 Å². The zero-order valence-electron chi connectivity index (χ0n) is 9.44. The van der Waals surface area contributed by atoms with Crippen LogP contribution < -0.4 is 10.5 Å². The molecule has 0 spiro atoms. The molecule has 0 aliphatic heterocycles. The molecule has 0 unspecified atom stereocenters. The number of aromatic hydroxyl groups is 1. The minimum atomic E-state index is -1.26. The molecule has 0 aliphatic rings. The van der Waals surface area contributed by atoms with Crippen molar-refractivity contribution in [3.8, 4) is 11.5 Å². The number of rotatable bonds is 3. The molecule has 0 bridgehead atoms. The third-order valence-electron chi connectivity index (χ3n) is 2.67. The molecule has 0 saturated heterocycles. The van der Waals surface area contributed by atoms with Gasteiger partial charge in [-0.3, -0.25) is 4.79 Å². The molecule has 88 valence electrons. The van der Waals surface area contributed by atoms with Gasteiger partial charge in [0.25, 0.3) is 0 Å². The van der Waals surface area contributed by atoms with Crippen molar-refractivity contribution in [3.05, 3.63) is 22.8 Å². The Bertz CT molecular complexity index is 428. The first-order chi connectivity index (χ1) is 7.40. The van der Waals surface area contributed by atoms with E-state index in [2.05, 4.69) is 0 Å². The first-order valence-corrected chi connectivity index (χ1v) is 4.75. The van der Waals surface area contributed by atoms with Crippen LogP contribution in [0, 0.1) is 13.8 Å². The summed E-state index contributed by atoms with van der Waals surface area (Å²) in [5, 5.41) is 18.6. The zero-order chi connectivity index (χ0) is 12.5. The van der Waals surface area contributed by atoms with Crippen LogP contribution in [0.15, 0.2) is 6.07 Å². The highest BCUT2D eigenvalue weighted by Crippen LogP contribution is 2.35. The SMILES string of the molecule is COc1cc([C@H](N)C(=O)O)c(O)c(C)c1C. The quantitative estimate of drug-likeness (QED) is 0.716. The van der Waals surface area contributed by atoms with Gasteiger partial charge in [0.05, 0.1) is 7.11 Å². The number of nitrogens with two attached hydrogens (primary N) is 1. The second-order valence-corrected chi connectivity index (χ2v) is 3.58. The number of hydrogen-bond acceptors (Lipinski definition) is 4. The van der Waals surface area contributed by atoms with Crippen LogP contribution in [0.4, 0.5) is 0 Å². The van der Waals surface area contributed by atoms with Crippen molar-refractivity contribution >= 4 is 5.97 Å². The van der Waals surface area contributed by atoms with Crippen LogP contribution in [-0.2, 0) is 4.79 Å². The Morgan fingerprint density at radius 1 is 1.44 bits per heavy atom. The van der Waals surface area contributed by atoms with Crippen LogP contribution in [0.1, 0.15) is 22.7 Å². The molecule has 5 nitrogen and oxygen atoms in total. The highest BCUT2D eigenvalue weighted by molar-refractivity contribution is 5.77. The van der Waals surface area contributed by atoms with Gasteiger partial charge < -0.3 is 20.7 Å². The lowest BCUT2D eigenvalue weighted by Gasteiger charge is -2.16. The molecule has 5 heteroatoms. The normalized spacial score (nSPS) is 12.2. The van der Waals surface area contributed by atoms with E-state index in [9.17, 15) is 9.90 Å². The molecule has 1 atom stereocenters. The maximum Gasteiger partial charge on any atom is 0.325 e. The van der Waals surface area contributed by atoms with Crippen molar-refractivity contribution < 1.29 is 19.7 Å². The van der Waals surface area contributed by atoms with Gasteiger partial charge in [-0.05, 0) is 31.0 Å². The van der Waals surface area contributed by atoms with Gasteiger partial charge in [-0.15, -0.1) is 0 Å². The minimum absolute atomic E-state index is 0.0896. The van der Waals surface area contributed by atoms with E-state index in [0.717, 1.165) is 5.56 Å². The fourth-order valence-corrected chi connectivity index (χ4v) is 1.48. The maximum absolute atomic E-state index is 10.8. The summed E-state index contributed by atoms with van der Waals surface area (Å²) in [7, 11) is 1.48. The summed E-state index contributed by atoms with van der Waals surface area (Å²) in [4.78, 5) is 10.8.